The van der Waals surface area contributed by atoms with Crippen LogP contribution in [0.5, 0.6) is 0 Å². The van der Waals surface area contributed by atoms with Crippen LogP contribution in [0.3, 0.4) is 0 Å². The molecule has 0 N–H and O–H groups in total. The second-order valence-corrected chi connectivity index (χ2v) is 10.0. The van der Waals surface area contributed by atoms with Gasteiger partial charge in [-0.05, 0) is 64.6 Å². The topological polar surface area (TPSA) is 38.9 Å². The third-order valence-electron chi connectivity index (χ3n) is 6.62. The molecule has 0 bridgehead atoms. The molecule has 166 valence electrons. The zero-order valence-electron chi connectivity index (χ0n) is 19.9. The molecule has 0 aliphatic heterocycles. The van der Waals surface area contributed by atoms with Crippen LogP contribution < -0.4 is 0 Å². The summed E-state index contributed by atoms with van der Waals surface area (Å²) in [5, 5.41) is 4.56. The fourth-order valence-electron chi connectivity index (χ4n) is 4.73. The van der Waals surface area contributed by atoms with Gasteiger partial charge in [0.25, 0.3) is 0 Å². The Morgan fingerprint density at radius 1 is 0.765 bits per heavy atom. The summed E-state index contributed by atoms with van der Waals surface area (Å²) in [6.45, 7) is 8.76. The van der Waals surface area contributed by atoms with Crippen LogP contribution in [0.2, 0.25) is 0 Å². The van der Waals surface area contributed by atoms with Crippen molar-refractivity contribution < 1.29 is 4.42 Å². The van der Waals surface area contributed by atoms with Crippen LogP contribution in [-0.2, 0) is 5.41 Å². The minimum atomic E-state index is 0.128. The lowest BCUT2D eigenvalue weighted by Gasteiger charge is -2.19. The highest BCUT2D eigenvalue weighted by Crippen LogP contribution is 2.39. The number of pyridine rings is 2. The third kappa shape index (κ3) is 3.36. The number of hydrogen-bond donors (Lipinski definition) is 0. The first-order valence-corrected chi connectivity index (χ1v) is 11.7. The maximum atomic E-state index is 5.79. The number of rotatable bonds is 2. The molecule has 0 amide bonds. The summed E-state index contributed by atoms with van der Waals surface area (Å²) in [7, 11) is 0. The van der Waals surface area contributed by atoms with Crippen molar-refractivity contribution >= 4 is 32.6 Å². The van der Waals surface area contributed by atoms with Crippen LogP contribution in [0, 0.1) is 6.92 Å². The van der Waals surface area contributed by atoms with Crippen molar-refractivity contribution in [3.8, 4) is 22.4 Å². The summed E-state index contributed by atoms with van der Waals surface area (Å²) in [4.78, 5) is 9.67. The zero-order chi connectivity index (χ0) is 23.4. The zero-order valence-corrected chi connectivity index (χ0v) is 19.9. The van der Waals surface area contributed by atoms with E-state index >= 15 is 0 Å². The van der Waals surface area contributed by atoms with Gasteiger partial charge in [-0.2, -0.15) is 0 Å². The van der Waals surface area contributed by atoms with Gasteiger partial charge in [0.15, 0.2) is 5.58 Å². The summed E-state index contributed by atoms with van der Waals surface area (Å²) in [5.74, 6) is 0. The van der Waals surface area contributed by atoms with Crippen molar-refractivity contribution in [2.24, 2.45) is 0 Å². The molecule has 0 spiro atoms. The minimum Gasteiger partial charge on any atom is -0.462 e. The molecule has 3 heteroatoms. The van der Waals surface area contributed by atoms with Gasteiger partial charge < -0.3 is 4.42 Å². The van der Waals surface area contributed by atoms with Crippen molar-refractivity contribution in [2.75, 3.05) is 0 Å². The van der Waals surface area contributed by atoms with Gasteiger partial charge in [-0.15, -0.1) is 0 Å². The van der Waals surface area contributed by atoms with Crippen molar-refractivity contribution in [2.45, 2.75) is 33.1 Å². The largest absolute Gasteiger partial charge is 0.462 e. The van der Waals surface area contributed by atoms with E-state index in [-0.39, 0.29) is 5.41 Å². The van der Waals surface area contributed by atoms with E-state index in [1.165, 1.54) is 16.3 Å². The summed E-state index contributed by atoms with van der Waals surface area (Å²) >= 11 is 0. The number of fused-ring (bicyclic) bond motifs is 4. The predicted octanol–water partition coefficient (Wildman–Crippen LogP) is 8.47. The minimum absolute atomic E-state index is 0.128. The Hall–Kier alpha value is -3.98. The standard InChI is InChI=1S/C31H26N2O/c1-19-7-12-26-27(18-23-13-15-34-30(23)29(26)33-19)28-25(6-5-14-32-28)22-9-8-21-17-24(31(2,3)4)11-10-20(21)16-22/h5-18H,1-4H3. The Labute approximate surface area is 199 Å². The van der Waals surface area contributed by atoms with E-state index in [2.05, 4.69) is 75.4 Å². The number of hydrogen-bond acceptors (Lipinski definition) is 3. The molecule has 3 nitrogen and oxygen atoms in total. The van der Waals surface area contributed by atoms with E-state index in [0.29, 0.717) is 0 Å². The van der Waals surface area contributed by atoms with Gasteiger partial charge in [-0.25, -0.2) is 4.98 Å². The van der Waals surface area contributed by atoms with E-state index in [1.54, 1.807) is 6.26 Å². The van der Waals surface area contributed by atoms with Gasteiger partial charge in [-0.3, -0.25) is 4.98 Å². The van der Waals surface area contributed by atoms with E-state index in [0.717, 1.165) is 50.0 Å². The fraction of sp³-hybridized carbons (Fsp3) is 0.161. The van der Waals surface area contributed by atoms with Gasteiger partial charge in [0.1, 0.15) is 5.52 Å². The monoisotopic (exact) mass is 442 g/mol. The molecule has 0 radical (unpaired) electrons. The molecule has 0 atom stereocenters. The normalized spacial score (nSPS) is 12.1. The van der Waals surface area contributed by atoms with Gasteiger partial charge in [-0.1, -0.05) is 63.2 Å². The summed E-state index contributed by atoms with van der Waals surface area (Å²) in [6.07, 6.45) is 3.59. The first-order valence-electron chi connectivity index (χ1n) is 11.7. The molecule has 34 heavy (non-hydrogen) atoms. The third-order valence-corrected chi connectivity index (χ3v) is 6.62. The highest BCUT2D eigenvalue weighted by Gasteiger charge is 2.17. The molecule has 3 aromatic heterocycles. The molecular formula is C31H26N2O. The average Bonchev–Trinajstić information content (AvgIpc) is 3.31. The van der Waals surface area contributed by atoms with Crippen LogP contribution in [0.4, 0.5) is 0 Å². The van der Waals surface area contributed by atoms with E-state index in [1.807, 2.05) is 31.3 Å². The smallest absolute Gasteiger partial charge is 0.160 e. The lowest BCUT2D eigenvalue weighted by Crippen LogP contribution is -2.10. The molecule has 0 saturated carbocycles. The summed E-state index contributed by atoms with van der Waals surface area (Å²) < 4.78 is 5.79. The van der Waals surface area contributed by atoms with E-state index in [4.69, 9.17) is 14.4 Å². The first kappa shape index (κ1) is 20.6. The number of nitrogens with zero attached hydrogens (tertiary/aromatic N) is 2. The van der Waals surface area contributed by atoms with Crippen molar-refractivity contribution in [1.29, 1.82) is 0 Å². The van der Waals surface area contributed by atoms with Gasteiger partial charge >= 0.3 is 0 Å². The highest BCUT2D eigenvalue weighted by atomic mass is 16.3. The number of aryl methyl sites for hydroxylation is 1. The molecule has 3 heterocycles. The number of benzene rings is 3. The van der Waals surface area contributed by atoms with Crippen LogP contribution >= 0.6 is 0 Å². The van der Waals surface area contributed by atoms with Crippen molar-refractivity contribution in [3.05, 3.63) is 96.5 Å². The molecule has 0 unspecified atom stereocenters. The fourth-order valence-corrected chi connectivity index (χ4v) is 4.73. The number of furan rings is 1. The molecular weight excluding hydrogens is 416 g/mol. The van der Waals surface area contributed by atoms with Gasteiger partial charge in [0, 0.05) is 33.8 Å². The van der Waals surface area contributed by atoms with Crippen molar-refractivity contribution in [3.63, 3.8) is 0 Å². The number of aromatic nitrogens is 2. The van der Waals surface area contributed by atoms with Crippen LogP contribution in [-0.4, -0.2) is 9.97 Å². The summed E-state index contributed by atoms with van der Waals surface area (Å²) in [6, 6.07) is 26.0. The Morgan fingerprint density at radius 2 is 1.59 bits per heavy atom. The molecule has 3 aromatic carbocycles. The molecule has 6 rings (SSSR count). The Morgan fingerprint density at radius 3 is 2.44 bits per heavy atom. The Bertz CT molecular complexity index is 1700. The second-order valence-electron chi connectivity index (χ2n) is 10.0. The quantitative estimate of drug-likeness (QED) is 0.270. The Balaban J connectivity index is 1.57. The molecule has 0 aliphatic carbocycles. The maximum Gasteiger partial charge on any atom is 0.160 e. The SMILES string of the molecule is Cc1ccc2c(-c3ncccc3-c3ccc4cc(C(C)(C)C)ccc4c3)cc3ccoc3c2n1. The molecule has 0 fully saturated rings. The van der Waals surface area contributed by atoms with Gasteiger partial charge in [0.2, 0.25) is 0 Å². The second kappa shape index (κ2) is 7.53. The van der Waals surface area contributed by atoms with Crippen LogP contribution in [0.25, 0.3) is 55.0 Å². The first-order chi connectivity index (χ1) is 16.4. The van der Waals surface area contributed by atoms with Crippen LogP contribution in [0.1, 0.15) is 32.0 Å². The summed E-state index contributed by atoms with van der Waals surface area (Å²) in [5.41, 5.74) is 8.41. The maximum absolute atomic E-state index is 5.79. The molecule has 6 aromatic rings. The predicted molar refractivity (Wildman–Crippen MR) is 141 cm³/mol. The lowest BCUT2D eigenvalue weighted by molar-refractivity contribution is 0.591. The molecule has 0 saturated heterocycles. The van der Waals surface area contributed by atoms with E-state index in [9.17, 15) is 0 Å². The van der Waals surface area contributed by atoms with Crippen LogP contribution in [0.15, 0.2) is 89.7 Å². The van der Waals surface area contributed by atoms with Crippen molar-refractivity contribution in [1.82, 2.24) is 9.97 Å². The van der Waals surface area contributed by atoms with Gasteiger partial charge in [0.05, 0.1) is 12.0 Å². The lowest BCUT2D eigenvalue weighted by atomic mass is 9.85. The average molecular weight is 443 g/mol. The van der Waals surface area contributed by atoms with E-state index < -0.39 is 0 Å². The Kier molecular flexibility index (Phi) is 4.56. The molecule has 0 aliphatic rings. The highest BCUT2D eigenvalue weighted by molar-refractivity contribution is 6.10.